The molecule has 1 aliphatic rings. The summed E-state index contributed by atoms with van der Waals surface area (Å²) >= 11 is 0. The number of aromatic nitrogens is 3. The maximum Gasteiger partial charge on any atom is 0.0659 e. The van der Waals surface area contributed by atoms with Crippen molar-refractivity contribution >= 4 is 5.69 Å². The Labute approximate surface area is 149 Å². The highest BCUT2D eigenvalue weighted by Gasteiger charge is 2.16. The number of fused-ring (bicyclic) bond motifs is 1. The van der Waals surface area contributed by atoms with E-state index < -0.39 is 0 Å². The number of pyridine rings is 1. The van der Waals surface area contributed by atoms with E-state index in [9.17, 15) is 0 Å². The third-order valence-electron chi connectivity index (χ3n) is 4.92. The van der Waals surface area contributed by atoms with Gasteiger partial charge < -0.3 is 4.90 Å². The van der Waals surface area contributed by atoms with Gasteiger partial charge in [0.15, 0.2) is 0 Å². The Bertz CT molecular complexity index is 838. The third kappa shape index (κ3) is 3.58. The van der Waals surface area contributed by atoms with E-state index in [1.54, 1.807) is 0 Å². The zero-order chi connectivity index (χ0) is 17.1. The summed E-state index contributed by atoms with van der Waals surface area (Å²) < 4.78 is 2.01. The second-order valence-electron chi connectivity index (χ2n) is 6.85. The van der Waals surface area contributed by atoms with Crippen LogP contribution < -0.4 is 4.90 Å². The first kappa shape index (κ1) is 15.9. The molecule has 0 atom stereocenters. The molecule has 0 spiro atoms. The minimum absolute atomic E-state index is 0.815. The minimum Gasteiger partial charge on any atom is -0.370 e. The molecule has 3 aromatic rings. The van der Waals surface area contributed by atoms with Crippen LogP contribution in [0.2, 0.25) is 0 Å². The lowest BCUT2D eigenvalue weighted by molar-refractivity contribution is 0.664. The lowest BCUT2D eigenvalue weighted by Gasteiger charge is -2.25. The average Bonchev–Trinajstić information content (AvgIpc) is 3.09. The molecule has 4 rings (SSSR count). The van der Waals surface area contributed by atoms with Gasteiger partial charge in [-0.1, -0.05) is 30.3 Å². The quantitative estimate of drug-likeness (QED) is 0.712. The van der Waals surface area contributed by atoms with Crippen LogP contribution in [0, 0.1) is 0 Å². The summed E-state index contributed by atoms with van der Waals surface area (Å²) in [7, 11) is 2.17. The molecular formula is C21H24N4. The second kappa shape index (κ2) is 7.09. The van der Waals surface area contributed by atoms with Gasteiger partial charge in [0.25, 0.3) is 0 Å². The summed E-state index contributed by atoms with van der Waals surface area (Å²) in [4.78, 5) is 6.91. The molecule has 0 unspecified atom stereocenters. The summed E-state index contributed by atoms with van der Waals surface area (Å²) in [5.74, 6) is 0. The molecule has 4 heteroatoms. The molecule has 2 aromatic heterocycles. The van der Waals surface area contributed by atoms with Crippen LogP contribution in [0.15, 0.2) is 55.0 Å². The first-order valence-electron chi connectivity index (χ1n) is 9.03. The molecule has 4 nitrogen and oxygen atoms in total. The first-order valence-corrected chi connectivity index (χ1v) is 9.03. The summed E-state index contributed by atoms with van der Waals surface area (Å²) in [6, 6.07) is 12.6. The maximum absolute atomic E-state index is 4.58. The number of rotatable bonds is 5. The van der Waals surface area contributed by atoms with Gasteiger partial charge in [-0.15, -0.1) is 0 Å². The Morgan fingerprint density at radius 1 is 1.04 bits per heavy atom. The number of anilines is 1. The van der Waals surface area contributed by atoms with Gasteiger partial charge in [0.05, 0.1) is 12.7 Å². The molecule has 1 aliphatic carbocycles. The summed E-state index contributed by atoms with van der Waals surface area (Å²) in [6.45, 7) is 1.68. The fourth-order valence-corrected chi connectivity index (χ4v) is 3.67. The highest BCUT2D eigenvalue weighted by atomic mass is 15.3. The van der Waals surface area contributed by atoms with Crippen molar-refractivity contribution in [3.8, 4) is 0 Å². The monoisotopic (exact) mass is 332 g/mol. The van der Waals surface area contributed by atoms with Crippen molar-refractivity contribution in [2.24, 2.45) is 0 Å². The minimum atomic E-state index is 0.815. The average molecular weight is 332 g/mol. The van der Waals surface area contributed by atoms with E-state index >= 15 is 0 Å². The highest BCUT2D eigenvalue weighted by molar-refractivity contribution is 5.55. The molecule has 2 heterocycles. The number of hydrogen-bond acceptors (Lipinski definition) is 3. The molecule has 0 amide bonds. The summed E-state index contributed by atoms with van der Waals surface area (Å²) in [5.41, 5.74) is 6.55. The Balaban J connectivity index is 1.48. The number of hydrogen-bond donors (Lipinski definition) is 0. The van der Waals surface area contributed by atoms with Crippen molar-refractivity contribution in [2.45, 2.75) is 38.8 Å². The van der Waals surface area contributed by atoms with Crippen LogP contribution in [-0.4, -0.2) is 21.8 Å². The van der Waals surface area contributed by atoms with Crippen molar-refractivity contribution in [3.63, 3.8) is 0 Å². The molecule has 0 saturated carbocycles. The van der Waals surface area contributed by atoms with Gasteiger partial charge in [-0.3, -0.25) is 9.67 Å². The van der Waals surface area contributed by atoms with E-state index in [2.05, 4.69) is 58.6 Å². The van der Waals surface area contributed by atoms with Crippen LogP contribution in [0.3, 0.4) is 0 Å². The van der Waals surface area contributed by atoms with Gasteiger partial charge in [-0.2, -0.15) is 5.10 Å². The SMILES string of the molecule is CN(Cc1cnn(Cc2ccccc2)c1)c1ccnc2c1CCCC2. The van der Waals surface area contributed by atoms with Crippen LogP contribution >= 0.6 is 0 Å². The van der Waals surface area contributed by atoms with Crippen molar-refractivity contribution < 1.29 is 0 Å². The van der Waals surface area contributed by atoms with Crippen LogP contribution in [-0.2, 0) is 25.9 Å². The topological polar surface area (TPSA) is 34.0 Å². The summed E-state index contributed by atoms with van der Waals surface area (Å²) in [5, 5.41) is 4.52. The van der Waals surface area contributed by atoms with Gasteiger partial charge in [0.1, 0.15) is 0 Å². The van der Waals surface area contributed by atoms with Gasteiger partial charge in [0.2, 0.25) is 0 Å². The summed E-state index contributed by atoms with van der Waals surface area (Å²) in [6.07, 6.45) is 10.9. The Morgan fingerprint density at radius 2 is 1.88 bits per heavy atom. The van der Waals surface area contributed by atoms with E-state index in [-0.39, 0.29) is 0 Å². The molecule has 0 aliphatic heterocycles. The lowest BCUT2D eigenvalue weighted by Crippen LogP contribution is -2.20. The molecule has 128 valence electrons. The number of aryl methyl sites for hydroxylation is 1. The molecular weight excluding hydrogens is 308 g/mol. The number of nitrogens with zero attached hydrogens (tertiary/aromatic N) is 4. The van der Waals surface area contributed by atoms with Gasteiger partial charge >= 0.3 is 0 Å². The molecule has 0 fully saturated rings. The lowest BCUT2D eigenvalue weighted by atomic mass is 9.94. The first-order chi connectivity index (χ1) is 12.3. The highest BCUT2D eigenvalue weighted by Crippen LogP contribution is 2.29. The molecule has 0 saturated heterocycles. The van der Waals surface area contributed by atoms with Crippen LogP contribution in [0.25, 0.3) is 0 Å². The zero-order valence-electron chi connectivity index (χ0n) is 14.7. The fourth-order valence-electron chi connectivity index (χ4n) is 3.67. The predicted molar refractivity (Wildman–Crippen MR) is 101 cm³/mol. The van der Waals surface area contributed by atoms with E-state index in [1.165, 1.54) is 40.9 Å². The third-order valence-corrected chi connectivity index (χ3v) is 4.92. The van der Waals surface area contributed by atoms with Gasteiger partial charge in [-0.25, -0.2) is 0 Å². The van der Waals surface area contributed by atoms with E-state index in [1.807, 2.05) is 23.1 Å². The normalized spacial score (nSPS) is 13.5. The Hall–Kier alpha value is -2.62. The van der Waals surface area contributed by atoms with Crippen molar-refractivity contribution in [1.29, 1.82) is 0 Å². The van der Waals surface area contributed by atoms with Gasteiger partial charge in [-0.05, 0) is 42.9 Å². The van der Waals surface area contributed by atoms with Crippen LogP contribution in [0.1, 0.15) is 35.2 Å². The smallest absolute Gasteiger partial charge is 0.0659 e. The molecule has 1 aromatic carbocycles. The molecule has 25 heavy (non-hydrogen) atoms. The van der Waals surface area contributed by atoms with Crippen LogP contribution in [0.5, 0.6) is 0 Å². The standard InChI is InChI=1S/C21H24N4/c1-24(21-11-12-22-20-10-6-5-9-19(20)21)14-18-13-23-25(16-18)15-17-7-3-2-4-8-17/h2-4,7-8,11-13,16H,5-6,9-10,14-15H2,1H3. The maximum atomic E-state index is 4.58. The van der Waals surface area contributed by atoms with Crippen molar-refractivity contribution in [3.05, 3.63) is 77.4 Å². The van der Waals surface area contributed by atoms with Gasteiger partial charge in [0, 0.05) is 42.9 Å². The molecule has 0 bridgehead atoms. The number of benzene rings is 1. The van der Waals surface area contributed by atoms with Crippen molar-refractivity contribution in [1.82, 2.24) is 14.8 Å². The molecule has 0 radical (unpaired) electrons. The van der Waals surface area contributed by atoms with Crippen LogP contribution in [0.4, 0.5) is 5.69 Å². The molecule has 0 N–H and O–H groups in total. The van der Waals surface area contributed by atoms with E-state index in [4.69, 9.17) is 0 Å². The zero-order valence-corrected chi connectivity index (χ0v) is 14.7. The Morgan fingerprint density at radius 3 is 2.76 bits per heavy atom. The predicted octanol–water partition coefficient (Wildman–Crippen LogP) is 3.84. The second-order valence-corrected chi connectivity index (χ2v) is 6.85. The van der Waals surface area contributed by atoms with Crippen molar-refractivity contribution in [2.75, 3.05) is 11.9 Å². The largest absolute Gasteiger partial charge is 0.370 e. The fraction of sp³-hybridized carbons (Fsp3) is 0.333. The van der Waals surface area contributed by atoms with E-state index in [0.29, 0.717) is 0 Å². The Kier molecular flexibility index (Phi) is 4.51. The van der Waals surface area contributed by atoms with E-state index in [0.717, 1.165) is 25.9 Å².